The number of nitrogens with zero attached hydrogens (tertiary/aromatic N) is 4. The first-order valence-electron chi connectivity index (χ1n) is 9.89. The molecule has 30 heavy (non-hydrogen) atoms. The molecule has 0 unspecified atom stereocenters. The predicted octanol–water partition coefficient (Wildman–Crippen LogP) is 2.98. The molecule has 1 fully saturated rings. The normalized spacial score (nSPS) is 14.9. The van der Waals surface area contributed by atoms with Crippen LogP contribution in [0.1, 0.15) is 18.1 Å². The highest BCUT2D eigenvalue weighted by Crippen LogP contribution is 2.14. The molecule has 2 heterocycles. The smallest absolute Gasteiger partial charge is 0.191 e. The zero-order chi connectivity index (χ0) is 20.6. The average molecular weight is 530 g/mol. The fourth-order valence-electron chi connectivity index (χ4n) is 3.10. The summed E-state index contributed by atoms with van der Waals surface area (Å²) in [6.07, 6.45) is 1.84. The number of hydrogen-bond donors (Lipinski definition) is 2. The van der Waals surface area contributed by atoms with E-state index >= 15 is 0 Å². The van der Waals surface area contributed by atoms with Gasteiger partial charge >= 0.3 is 0 Å². The second-order valence-electron chi connectivity index (χ2n) is 7.10. The average Bonchev–Trinajstić information content (AvgIpc) is 2.73. The van der Waals surface area contributed by atoms with Crippen LogP contribution in [0.2, 0.25) is 0 Å². The Hall–Kier alpha value is -2.01. The molecule has 0 bridgehead atoms. The number of benzene rings is 1. The number of halogens is 3. The second-order valence-corrected chi connectivity index (χ2v) is 7.10. The predicted molar refractivity (Wildman–Crippen MR) is 127 cm³/mol. The molecule has 0 amide bonds. The van der Waals surface area contributed by atoms with Gasteiger partial charge in [0.1, 0.15) is 17.5 Å². The third-order valence-electron chi connectivity index (χ3n) is 4.85. The van der Waals surface area contributed by atoms with Gasteiger partial charge in [-0.1, -0.05) is 6.07 Å². The minimum Gasteiger partial charge on any atom is -0.357 e. The van der Waals surface area contributed by atoms with Crippen molar-refractivity contribution in [1.82, 2.24) is 20.5 Å². The molecule has 6 nitrogen and oxygen atoms in total. The molecule has 2 aromatic rings. The van der Waals surface area contributed by atoms with E-state index in [1.165, 1.54) is 6.07 Å². The van der Waals surface area contributed by atoms with Gasteiger partial charge in [-0.05, 0) is 43.8 Å². The monoisotopic (exact) mass is 530 g/mol. The van der Waals surface area contributed by atoms with Crippen LogP contribution in [0.4, 0.5) is 14.6 Å². The highest BCUT2D eigenvalue weighted by atomic mass is 127. The summed E-state index contributed by atoms with van der Waals surface area (Å²) >= 11 is 0. The molecule has 1 aliphatic rings. The van der Waals surface area contributed by atoms with Gasteiger partial charge in [0.15, 0.2) is 5.96 Å². The van der Waals surface area contributed by atoms with Crippen LogP contribution in [0.3, 0.4) is 0 Å². The number of aromatic nitrogens is 1. The number of anilines is 1. The van der Waals surface area contributed by atoms with Crippen molar-refractivity contribution >= 4 is 35.8 Å². The molecule has 0 radical (unpaired) electrons. The highest BCUT2D eigenvalue weighted by molar-refractivity contribution is 14.0. The van der Waals surface area contributed by atoms with Crippen LogP contribution in [-0.2, 0) is 13.1 Å². The Balaban J connectivity index is 0.00000320. The fraction of sp³-hybridized carbons (Fsp3) is 0.429. The zero-order valence-corrected chi connectivity index (χ0v) is 19.7. The topological polar surface area (TPSA) is 55.8 Å². The van der Waals surface area contributed by atoms with E-state index in [1.54, 1.807) is 0 Å². The summed E-state index contributed by atoms with van der Waals surface area (Å²) in [7, 11) is 2.13. The van der Waals surface area contributed by atoms with Gasteiger partial charge in [0, 0.05) is 51.0 Å². The number of likely N-dealkylation sites (N-methyl/N-ethyl adjacent to an activating group) is 1. The van der Waals surface area contributed by atoms with E-state index in [9.17, 15) is 8.78 Å². The minimum atomic E-state index is -0.461. The first kappa shape index (κ1) is 24.3. The molecule has 1 saturated heterocycles. The zero-order valence-electron chi connectivity index (χ0n) is 17.4. The molecule has 1 aromatic heterocycles. The Labute approximate surface area is 193 Å². The van der Waals surface area contributed by atoms with E-state index in [2.05, 4.69) is 37.5 Å². The number of guanidine groups is 1. The number of hydrogen-bond acceptors (Lipinski definition) is 4. The van der Waals surface area contributed by atoms with E-state index in [0.717, 1.165) is 49.7 Å². The molecule has 0 aliphatic carbocycles. The maximum absolute atomic E-state index is 13.8. The van der Waals surface area contributed by atoms with Gasteiger partial charge in [-0.15, -0.1) is 24.0 Å². The molecule has 0 saturated carbocycles. The van der Waals surface area contributed by atoms with Gasteiger partial charge in [-0.25, -0.2) is 18.8 Å². The molecule has 9 heteroatoms. The summed E-state index contributed by atoms with van der Waals surface area (Å²) in [6.45, 7) is 7.24. The van der Waals surface area contributed by atoms with Crippen molar-refractivity contribution in [2.75, 3.05) is 44.7 Å². The number of pyridine rings is 1. The van der Waals surface area contributed by atoms with Crippen LogP contribution < -0.4 is 15.5 Å². The lowest BCUT2D eigenvalue weighted by Gasteiger charge is -2.33. The summed E-state index contributed by atoms with van der Waals surface area (Å²) in [5.41, 5.74) is 1.24. The molecular weight excluding hydrogens is 501 g/mol. The van der Waals surface area contributed by atoms with Crippen molar-refractivity contribution in [2.24, 2.45) is 4.99 Å². The quantitative estimate of drug-likeness (QED) is 0.342. The third-order valence-corrected chi connectivity index (χ3v) is 4.85. The lowest BCUT2D eigenvalue weighted by molar-refractivity contribution is 0.312. The van der Waals surface area contributed by atoms with Crippen molar-refractivity contribution in [3.05, 3.63) is 59.3 Å². The van der Waals surface area contributed by atoms with E-state index in [-0.39, 0.29) is 36.1 Å². The lowest BCUT2D eigenvalue weighted by atomic mass is 10.2. The summed E-state index contributed by atoms with van der Waals surface area (Å²) in [5, 5.41) is 6.16. The van der Waals surface area contributed by atoms with Gasteiger partial charge in [0.05, 0.1) is 6.54 Å². The van der Waals surface area contributed by atoms with Crippen LogP contribution in [0.25, 0.3) is 0 Å². The largest absolute Gasteiger partial charge is 0.357 e. The van der Waals surface area contributed by atoms with Crippen LogP contribution in [0, 0.1) is 11.6 Å². The Morgan fingerprint density at radius 1 is 1.10 bits per heavy atom. The molecule has 2 N–H and O–H groups in total. The molecule has 1 aliphatic heterocycles. The van der Waals surface area contributed by atoms with Crippen molar-refractivity contribution in [3.8, 4) is 0 Å². The summed E-state index contributed by atoms with van der Waals surface area (Å²) in [6, 6.07) is 7.48. The molecule has 0 atom stereocenters. The van der Waals surface area contributed by atoms with Crippen LogP contribution in [-0.4, -0.2) is 55.6 Å². The molecule has 0 spiro atoms. The summed E-state index contributed by atoms with van der Waals surface area (Å²) in [5.74, 6) is 0.617. The van der Waals surface area contributed by atoms with Crippen LogP contribution in [0.15, 0.2) is 41.5 Å². The Kier molecular flexibility index (Phi) is 9.70. The van der Waals surface area contributed by atoms with E-state index in [1.807, 2.05) is 25.3 Å². The van der Waals surface area contributed by atoms with Crippen LogP contribution >= 0.6 is 24.0 Å². The number of piperazine rings is 1. The second kappa shape index (κ2) is 12.0. The maximum atomic E-state index is 13.8. The Bertz CT molecular complexity index is 823. The molecule has 1 aromatic carbocycles. The van der Waals surface area contributed by atoms with Gasteiger partial charge < -0.3 is 20.4 Å². The first-order valence-corrected chi connectivity index (χ1v) is 9.89. The summed E-state index contributed by atoms with van der Waals surface area (Å²) in [4.78, 5) is 13.7. The van der Waals surface area contributed by atoms with Gasteiger partial charge in [-0.2, -0.15) is 0 Å². The van der Waals surface area contributed by atoms with E-state index in [0.29, 0.717) is 19.0 Å². The van der Waals surface area contributed by atoms with Gasteiger partial charge in [-0.3, -0.25) is 0 Å². The number of nitrogens with one attached hydrogen (secondary N) is 2. The third kappa shape index (κ3) is 7.05. The molecule has 3 rings (SSSR count). The lowest BCUT2D eigenvalue weighted by Crippen LogP contribution is -2.44. The number of rotatable bonds is 6. The van der Waals surface area contributed by atoms with Gasteiger partial charge in [0.25, 0.3) is 0 Å². The summed E-state index contributed by atoms with van der Waals surface area (Å²) < 4.78 is 27.1. The van der Waals surface area contributed by atoms with Crippen molar-refractivity contribution in [2.45, 2.75) is 20.0 Å². The van der Waals surface area contributed by atoms with Crippen molar-refractivity contribution in [3.63, 3.8) is 0 Å². The van der Waals surface area contributed by atoms with Gasteiger partial charge in [0.2, 0.25) is 0 Å². The minimum absolute atomic E-state index is 0. The Morgan fingerprint density at radius 2 is 1.87 bits per heavy atom. The fourth-order valence-corrected chi connectivity index (χ4v) is 3.10. The SMILES string of the molecule is CCNC(=NCc1ccc(N2CCN(C)CC2)nc1)NCc1cc(F)ccc1F.I. The molecule has 164 valence electrons. The first-order chi connectivity index (χ1) is 14.0. The standard InChI is InChI=1S/C21H28F2N6.HI/c1-3-24-21(27-15-17-12-18(22)5-6-19(17)23)26-14-16-4-7-20(25-13-16)29-10-8-28(2)9-11-29;/h4-7,12-13H,3,8-11,14-15H2,1-2H3,(H2,24,26,27);1H. The van der Waals surface area contributed by atoms with E-state index in [4.69, 9.17) is 0 Å². The number of aliphatic imine (C=N–C) groups is 1. The Morgan fingerprint density at radius 3 is 2.53 bits per heavy atom. The van der Waals surface area contributed by atoms with Crippen molar-refractivity contribution in [1.29, 1.82) is 0 Å². The van der Waals surface area contributed by atoms with Crippen LogP contribution in [0.5, 0.6) is 0 Å². The maximum Gasteiger partial charge on any atom is 0.191 e. The highest BCUT2D eigenvalue weighted by Gasteiger charge is 2.14. The van der Waals surface area contributed by atoms with E-state index < -0.39 is 11.6 Å². The van der Waals surface area contributed by atoms with Crippen molar-refractivity contribution < 1.29 is 8.78 Å². The molecular formula is C21H29F2IN6.